The minimum Gasteiger partial charge on any atom is -0.340 e. The van der Waals surface area contributed by atoms with Crippen LogP contribution in [0.15, 0.2) is 59.8 Å². The molecule has 0 aliphatic rings. The van der Waals surface area contributed by atoms with Crippen LogP contribution in [-0.2, 0) is 10.0 Å². The van der Waals surface area contributed by atoms with Gasteiger partial charge in [0.15, 0.2) is 0 Å². The molecule has 140 valence electrons. The van der Waals surface area contributed by atoms with E-state index in [2.05, 4.69) is 25.3 Å². The van der Waals surface area contributed by atoms with Gasteiger partial charge in [0.2, 0.25) is 10.0 Å². The Hall–Kier alpha value is -2.39. The molecule has 3 N–H and O–H groups in total. The molecular formula is C17H15Cl2N5O2S. The predicted molar refractivity (Wildman–Crippen MR) is 108 cm³/mol. The normalized spacial score (nSPS) is 11.2. The van der Waals surface area contributed by atoms with Crippen LogP contribution in [0.3, 0.4) is 0 Å². The summed E-state index contributed by atoms with van der Waals surface area (Å²) in [5.41, 5.74) is 1.22. The summed E-state index contributed by atoms with van der Waals surface area (Å²) in [5, 5.41) is 7.13. The highest BCUT2D eigenvalue weighted by Gasteiger charge is 2.14. The van der Waals surface area contributed by atoms with E-state index in [1.54, 1.807) is 18.2 Å². The van der Waals surface area contributed by atoms with Crippen molar-refractivity contribution < 1.29 is 8.42 Å². The molecule has 0 atom stereocenters. The molecule has 0 saturated carbocycles. The number of aromatic nitrogens is 2. The summed E-state index contributed by atoms with van der Waals surface area (Å²) < 4.78 is 26.2. The Balaban J connectivity index is 1.84. The average molecular weight is 424 g/mol. The Morgan fingerprint density at radius 3 is 2.22 bits per heavy atom. The second-order valence-corrected chi connectivity index (χ2v) is 8.12. The molecule has 27 heavy (non-hydrogen) atoms. The maximum Gasteiger partial charge on any atom is 0.240 e. The van der Waals surface area contributed by atoms with Gasteiger partial charge in [0.1, 0.15) is 18.0 Å². The molecule has 3 rings (SSSR count). The van der Waals surface area contributed by atoms with Crippen LogP contribution in [0.4, 0.5) is 23.0 Å². The van der Waals surface area contributed by atoms with Gasteiger partial charge in [0.05, 0.1) is 15.6 Å². The van der Waals surface area contributed by atoms with E-state index >= 15 is 0 Å². The third-order valence-corrected chi connectivity index (χ3v) is 5.56. The summed E-state index contributed by atoms with van der Waals surface area (Å²) in [6, 6.07) is 13.2. The van der Waals surface area contributed by atoms with Crippen LogP contribution < -0.4 is 15.4 Å². The van der Waals surface area contributed by atoms with E-state index in [9.17, 15) is 8.42 Å². The smallest absolute Gasteiger partial charge is 0.240 e. The molecule has 0 bridgehead atoms. The van der Waals surface area contributed by atoms with E-state index in [0.29, 0.717) is 27.4 Å². The van der Waals surface area contributed by atoms with Gasteiger partial charge in [0, 0.05) is 16.8 Å². The lowest BCUT2D eigenvalue weighted by Gasteiger charge is -2.11. The summed E-state index contributed by atoms with van der Waals surface area (Å²) in [7, 11) is -2.24. The highest BCUT2D eigenvalue weighted by molar-refractivity contribution is 7.89. The molecule has 0 aliphatic heterocycles. The molecule has 1 heterocycles. The molecule has 0 saturated heterocycles. The topological polar surface area (TPSA) is 96.0 Å². The van der Waals surface area contributed by atoms with Gasteiger partial charge in [-0.1, -0.05) is 23.2 Å². The molecule has 1 aromatic heterocycles. The van der Waals surface area contributed by atoms with E-state index in [4.69, 9.17) is 23.2 Å². The van der Waals surface area contributed by atoms with Gasteiger partial charge in [-0.2, -0.15) is 0 Å². The van der Waals surface area contributed by atoms with E-state index in [1.165, 1.54) is 31.6 Å². The Bertz CT molecular complexity index is 1060. The van der Waals surface area contributed by atoms with E-state index in [0.717, 1.165) is 5.69 Å². The number of rotatable bonds is 6. The first-order valence-corrected chi connectivity index (χ1v) is 9.96. The molecule has 0 amide bonds. The maximum absolute atomic E-state index is 12.0. The van der Waals surface area contributed by atoms with Crippen molar-refractivity contribution in [1.29, 1.82) is 0 Å². The molecule has 10 heteroatoms. The first-order chi connectivity index (χ1) is 12.9. The fourth-order valence-electron chi connectivity index (χ4n) is 2.20. The first kappa shape index (κ1) is 19.4. The number of nitrogens with one attached hydrogen (secondary N) is 3. The molecule has 7 nitrogen and oxygen atoms in total. The van der Waals surface area contributed by atoms with Gasteiger partial charge in [-0.15, -0.1) is 0 Å². The average Bonchev–Trinajstić information content (AvgIpc) is 2.65. The Labute approximate surface area is 166 Å². The number of hydrogen-bond acceptors (Lipinski definition) is 6. The Kier molecular flexibility index (Phi) is 5.81. The maximum atomic E-state index is 12.0. The first-order valence-electron chi connectivity index (χ1n) is 7.72. The second kappa shape index (κ2) is 8.10. The lowest BCUT2D eigenvalue weighted by Crippen LogP contribution is -2.18. The van der Waals surface area contributed by atoms with E-state index < -0.39 is 10.0 Å². The van der Waals surface area contributed by atoms with Crippen molar-refractivity contribution in [3.63, 3.8) is 0 Å². The summed E-state index contributed by atoms with van der Waals surface area (Å²) in [5.74, 6) is 0.993. The zero-order valence-electron chi connectivity index (χ0n) is 14.1. The van der Waals surface area contributed by atoms with Gasteiger partial charge < -0.3 is 10.6 Å². The van der Waals surface area contributed by atoms with Crippen molar-refractivity contribution in [2.75, 3.05) is 17.7 Å². The number of sulfonamides is 1. The Morgan fingerprint density at radius 2 is 1.56 bits per heavy atom. The third-order valence-electron chi connectivity index (χ3n) is 3.56. The zero-order chi connectivity index (χ0) is 19.4. The van der Waals surface area contributed by atoms with Crippen molar-refractivity contribution in [1.82, 2.24) is 14.7 Å². The molecule has 0 radical (unpaired) electrons. The predicted octanol–water partition coefficient (Wildman–Crippen LogP) is 4.18. The molecule has 3 aromatic rings. The summed E-state index contributed by atoms with van der Waals surface area (Å²) in [6.45, 7) is 0. The van der Waals surface area contributed by atoms with E-state index in [-0.39, 0.29) is 4.90 Å². The number of halogens is 2. The van der Waals surface area contributed by atoms with Crippen molar-refractivity contribution in [3.8, 4) is 0 Å². The van der Waals surface area contributed by atoms with Gasteiger partial charge in [0.25, 0.3) is 0 Å². The van der Waals surface area contributed by atoms with Crippen LogP contribution in [-0.4, -0.2) is 25.4 Å². The van der Waals surface area contributed by atoms with Crippen molar-refractivity contribution in [2.45, 2.75) is 4.90 Å². The van der Waals surface area contributed by atoms with Gasteiger partial charge in [-0.25, -0.2) is 23.1 Å². The van der Waals surface area contributed by atoms with Crippen LogP contribution in [0.25, 0.3) is 0 Å². The van der Waals surface area contributed by atoms with Crippen LogP contribution in [0.1, 0.15) is 0 Å². The standard InChI is InChI=1S/C17H15Cl2N5O2S/c1-20-27(25,26)13-6-7-14(19)15(8-13)24-17-9-16(21-10-22-17)23-12-4-2-11(18)3-5-12/h2-10,20H,1H3,(H2,21,22,23,24). The molecule has 2 aromatic carbocycles. The number of benzene rings is 2. The van der Waals surface area contributed by atoms with Crippen LogP contribution in [0, 0.1) is 0 Å². The summed E-state index contributed by atoms with van der Waals surface area (Å²) in [4.78, 5) is 8.38. The van der Waals surface area contributed by atoms with Crippen LogP contribution >= 0.6 is 23.2 Å². The van der Waals surface area contributed by atoms with Gasteiger partial charge in [-0.05, 0) is 49.5 Å². The van der Waals surface area contributed by atoms with Crippen LogP contribution in [0.2, 0.25) is 10.0 Å². The highest BCUT2D eigenvalue weighted by atomic mass is 35.5. The molecule has 0 fully saturated rings. The number of hydrogen-bond donors (Lipinski definition) is 3. The summed E-state index contributed by atoms with van der Waals surface area (Å²) >= 11 is 12.1. The largest absolute Gasteiger partial charge is 0.340 e. The van der Waals surface area contributed by atoms with Gasteiger partial charge in [-0.3, -0.25) is 0 Å². The van der Waals surface area contributed by atoms with Crippen molar-refractivity contribution in [2.24, 2.45) is 0 Å². The lowest BCUT2D eigenvalue weighted by molar-refractivity contribution is 0.588. The fraction of sp³-hybridized carbons (Fsp3) is 0.0588. The molecule has 0 spiro atoms. The molecular weight excluding hydrogens is 409 g/mol. The third kappa shape index (κ3) is 4.86. The Morgan fingerprint density at radius 1 is 0.889 bits per heavy atom. The van der Waals surface area contributed by atoms with Gasteiger partial charge >= 0.3 is 0 Å². The summed E-state index contributed by atoms with van der Waals surface area (Å²) in [6.07, 6.45) is 1.38. The number of nitrogens with zero attached hydrogens (tertiary/aromatic N) is 2. The fourth-order valence-corrected chi connectivity index (χ4v) is 3.24. The van der Waals surface area contributed by atoms with Crippen molar-refractivity contribution in [3.05, 3.63) is 64.9 Å². The SMILES string of the molecule is CNS(=O)(=O)c1ccc(Cl)c(Nc2cc(Nc3ccc(Cl)cc3)ncn2)c1. The van der Waals surface area contributed by atoms with E-state index in [1.807, 2.05) is 12.1 Å². The monoisotopic (exact) mass is 423 g/mol. The van der Waals surface area contributed by atoms with Crippen LogP contribution in [0.5, 0.6) is 0 Å². The minimum atomic E-state index is -3.59. The minimum absolute atomic E-state index is 0.0884. The molecule has 0 unspecified atom stereocenters. The molecule has 0 aliphatic carbocycles. The highest BCUT2D eigenvalue weighted by Crippen LogP contribution is 2.28. The zero-order valence-corrected chi connectivity index (χ0v) is 16.4. The quantitative estimate of drug-likeness (QED) is 0.550. The number of anilines is 4. The second-order valence-electron chi connectivity index (χ2n) is 5.39. The van der Waals surface area contributed by atoms with Crippen molar-refractivity contribution >= 4 is 56.2 Å². The lowest BCUT2D eigenvalue weighted by atomic mass is 10.3.